The van der Waals surface area contributed by atoms with Gasteiger partial charge in [-0.2, -0.15) is 0 Å². The zero-order valence-corrected chi connectivity index (χ0v) is 9.61. The van der Waals surface area contributed by atoms with E-state index in [0.717, 1.165) is 10.6 Å². The molecule has 0 aliphatic rings. The van der Waals surface area contributed by atoms with Crippen molar-refractivity contribution in [1.29, 1.82) is 0 Å². The monoisotopic (exact) mass is 261 g/mol. The lowest BCUT2D eigenvalue weighted by Gasteiger charge is -1.92. The molecular weight excluding hydrogens is 254 g/mol. The van der Waals surface area contributed by atoms with E-state index < -0.39 is 0 Å². The first-order chi connectivity index (χ1) is 6.15. The molecule has 5 heteroatoms. The molecule has 1 rings (SSSR count). The molecule has 1 aromatic heterocycles. The van der Waals surface area contributed by atoms with Crippen molar-refractivity contribution in [2.24, 2.45) is 5.16 Å². The summed E-state index contributed by atoms with van der Waals surface area (Å²) in [4.78, 5) is 17.1. The predicted octanol–water partition coefficient (Wildman–Crippen LogP) is 2.65. The number of rotatable bonds is 3. The Bertz CT molecular complexity index is 346. The zero-order chi connectivity index (χ0) is 9.84. The van der Waals surface area contributed by atoms with Gasteiger partial charge in [-0.05, 0) is 35.0 Å². The summed E-state index contributed by atoms with van der Waals surface area (Å²) in [7, 11) is 1.49. The summed E-state index contributed by atoms with van der Waals surface area (Å²) in [6, 6.07) is 3.60. The van der Waals surface area contributed by atoms with Crippen LogP contribution >= 0.6 is 27.3 Å². The Kier molecular flexibility index (Phi) is 3.62. The van der Waals surface area contributed by atoms with Crippen LogP contribution < -0.4 is 0 Å². The summed E-state index contributed by atoms with van der Waals surface area (Å²) < 4.78 is -0.103. The molecule has 0 saturated heterocycles. The van der Waals surface area contributed by atoms with E-state index in [9.17, 15) is 4.79 Å². The Morgan fingerprint density at radius 3 is 2.62 bits per heavy atom. The van der Waals surface area contributed by atoms with Crippen molar-refractivity contribution < 1.29 is 9.63 Å². The van der Waals surface area contributed by atoms with Gasteiger partial charge in [0.05, 0.1) is 15.5 Å². The molecule has 0 aliphatic heterocycles. The molecule has 0 unspecified atom stereocenters. The van der Waals surface area contributed by atoms with E-state index in [1.54, 1.807) is 6.07 Å². The number of nitrogens with zero attached hydrogens (tertiary/aromatic N) is 1. The SMILES string of the molecule is CO/N=C(\C)c1ccc(C(=O)Br)s1. The summed E-state index contributed by atoms with van der Waals surface area (Å²) in [5.74, 6) is 0. The van der Waals surface area contributed by atoms with E-state index in [1.807, 2.05) is 13.0 Å². The molecule has 0 saturated carbocycles. The van der Waals surface area contributed by atoms with E-state index in [0.29, 0.717) is 4.88 Å². The molecule has 0 aromatic carbocycles. The zero-order valence-electron chi connectivity index (χ0n) is 7.20. The third-order valence-electron chi connectivity index (χ3n) is 1.38. The molecule has 1 aromatic rings. The first kappa shape index (κ1) is 10.4. The second kappa shape index (κ2) is 4.53. The van der Waals surface area contributed by atoms with Crippen molar-refractivity contribution in [2.45, 2.75) is 6.92 Å². The van der Waals surface area contributed by atoms with Crippen LogP contribution in [0, 0.1) is 0 Å². The van der Waals surface area contributed by atoms with Gasteiger partial charge in [0, 0.05) is 0 Å². The average Bonchev–Trinajstić information content (AvgIpc) is 2.52. The second-order valence-corrected chi connectivity index (χ2v) is 4.10. The van der Waals surface area contributed by atoms with Gasteiger partial charge in [-0.15, -0.1) is 11.3 Å². The molecule has 0 radical (unpaired) electrons. The smallest absolute Gasteiger partial charge is 0.237 e. The molecule has 0 amide bonds. The lowest BCUT2D eigenvalue weighted by atomic mass is 10.3. The van der Waals surface area contributed by atoms with Crippen LogP contribution in [0.4, 0.5) is 0 Å². The maximum absolute atomic E-state index is 10.9. The van der Waals surface area contributed by atoms with Crippen LogP contribution in [-0.2, 0) is 4.84 Å². The number of carbonyl (C=O) groups is 1. The van der Waals surface area contributed by atoms with Gasteiger partial charge in [-0.1, -0.05) is 5.16 Å². The van der Waals surface area contributed by atoms with E-state index in [4.69, 9.17) is 0 Å². The van der Waals surface area contributed by atoms with Crippen LogP contribution in [0.5, 0.6) is 0 Å². The van der Waals surface area contributed by atoms with Gasteiger partial charge < -0.3 is 4.84 Å². The summed E-state index contributed by atoms with van der Waals surface area (Å²) in [5.41, 5.74) is 0.771. The second-order valence-electron chi connectivity index (χ2n) is 2.30. The maximum atomic E-state index is 10.9. The van der Waals surface area contributed by atoms with E-state index >= 15 is 0 Å². The number of thiophene rings is 1. The van der Waals surface area contributed by atoms with Crippen molar-refractivity contribution in [3.05, 3.63) is 21.9 Å². The van der Waals surface area contributed by atoms with Crippen molar-refractivity contribution in [3.8, 4) is 0 Å². The van der Waals surface area contributed by atoms with Gasteiger partial charge in [-0.25, -0.2) is 0 Å². The molecule has 0 fully saturated rings. The van der Waals surface area contributed by atoms with Gasteiger partial charge in [0.15, 0.2) is 0 Å². The molecule has 0 aliphatic carbocycles. The predicted molar refractivity (Wildman–Crippen MR) is 56.8 cm³/mol. The highest BCUT2D eigenvalue weighted by molar-refractivity contribution is 9.18. The van der Waals surface area contributed by atoms with Crippen LogP contribution in [0.3, 0.4) is 0 Å². The number of hydrogen-bond donors (Lipinski definition) is 0. The normalized spacial score (nSPS) is 11.5. The van der Waals surface area contributed by atoms with Crippen molar-refractivity contribution >= 4 is 37.7 Å². The van der Waals surface area contributed by atoms with Crippen molar-refractivity contribution in [2.75, 3.05) is 7.11 Å². The van der Waals surface area contributed by atoms with Gasteiger partial charge in [0.2, 0.25) is 4.69 Å². The third-order valence-corrected chi connectivity index (χ3v) is 3.27. The van der Waals surface area contributed by atoms with Crippen molar-refractivity contribution in [3.63, 3.8) is 0 Å². The first-order valence-corrected chi connectivity index (χ1v) is 5.14. The third kappa shape index (κ3) is 2.63. The summed E-state index contributed by atoms with van der Waals surface area (Å²) in [5, 5.41) is 3.77. The molecule has 3 nitrogen and oxygen atoms in total. The minimum Gasteiger partial charge on any atom is -0.399 e. The molecule has 0 N–H and O–H groups in total. The number of hydrogen-bond acceptors (Lipinski definition) is 4. The Balaban J connectivity index is 2.92. The first-order valence-electron chi connectivity index (χ1n) is 3.53. The fourth-order valence-corrected chi connectivity index (χ4v) is 1.97. The van der Waals surface area contributed by atoms with Gasteiger partial charge in [-0.3, -0.25) is 4.79 Å². The highest BCUT2D eigenvalue weighted by Crippen LogP contribution is 2.19. The van der Waals surface area contributed by atoms with E-state index in [1.165, 1.54) is 18.4 Å². The minimum absolute atomic E-state index is 0.103. The molecule has 13 heavy (non-hydrogen) atoms. The quantitative estimate of drug-likeness (QED) is 0.477. The average molecular weight is 262 g/mol. The van der Waals surface area contributed by atoms with Crippen LogP contribution in [0.2, 0.25) is 0 Å². The van der Waals surface area contributed by atoms with E-state index in [-0.39, 0.29) is 4.69 Å². The van der Waals surface area contributed by atoms with Crippen LogP contribution in [0.25, 0.3) is 0 Å². The Labute approximate surface area is 88.5 Å². The topological polar surface area (TPSA) is 38.7 Å². The van der Waals surface area contributed by atoms with Crippen LogP contribution in [0.1, 0.15) is 21.5 Å². The Hall–Kier alpha value is -0.680. The van der Waals surface area contributed by atoms with Gasteiger partial charge in [0.1, 0.15) is 7.11 Å². The van der Waals surface area contributed by atoms with Gasteiger partial charge >= 0.3 is 0 Å². The summed E-state index contributed by atoms with van der Waals surface area (Å²) >= 11 is 4.27. The van der Waals surface area contributed by atoms with Gasteiger partial charge in [0.25, 0.3) is 0 Å². The Morgan fingerprint density at radius 1 is 1.54 bits per heavy atom. The Morgan fingerprint density at radius 2 is 2.15 bits per heavy atom. The minimum atomic E-state index is -0.103. The van der Waals surface area contributed by atoms with Crippen LogP contribution in [-0.4, -0.2) is 17.5 Å². The number of halogens is 1. The maximum Gasteiger partial charge on any atom is 0.237 e. The molecule has 70 valence electrons. The number of oxime groups is 1. The largest absolute Gasteiger partial charge is 0.399 e. The highest BCUT2D eigenvalue weighted by Gasteiger charge is 2.07. The van der Waals surface area contributed by atoms with E-state index in [2.05, 4.69) is 25.9 Å². The lowest BCUT2D eigenvalue weighted by Crippen LogP contribution is -1.90. The molecule has 0 atom stereocenters. The lowest BCUT2D eigenvalue weighted by molar-refractivity contribution is 0.109. The fourth-order valence-electron chi connectivity index (χ4n) is 0.820. The molecule has 1 heterocycles. The number of carbonyl (C=O) groups excluding carboxylic acids is 1. The summed E-state index contributed by atoms with van der Waals surface area (Å²) in [6.45, 7) is 1.83. The van der Waals surface area contributed by atoms with Crippen LogP contribution in [0.15, 0.2) is 17.3 Å². The molecule has 0 bridgehead atoms. The standard InChI is InChI=1S/C8H8BrNO2S/c1-5(10-12-2)6-3-4-7(13-6)8(9)11/h3-4H,1-2H3/b10-5+. The molecule has 0 spiro atoms. The van der Waals surface area contributed by atoms with Crippen molar-refractivity contribution in [1.82, 2.24) is 0 Å². The highest BCUT2D eigenvalue weighted by atomic mass is 79.9. The summed E-state index contributed by atoms with van der Waals surface area (Å²) in [6.07, 6.45) is 0. The molecular formula is C8H8BrNO2S. The fraction of sp³-hybridized carbons (Fsp3) is 0.250.